The van der Waals surface area contributed by atoms with Gasteiger partial charge in [0.2, 0.25) is 0 Å². The van der Waals surface area contributed by atoms with E-state index in [4.69, 9.17) is 0 Å². The van der Waals surface area contributed by atoms with E-state index in [0.29, 0.717) is 16.4 Å². The molecule has 1 aliphatic rings. The number of aryl methyl sites for hydroxylation is 1. The standard InChI is InChI=1S/C20H19F2N4OPS/c1-12-10-16(29-25-12)19(27)24-17-14(13-4-2-3-5-15(13)28)6-8-23-18(17)26-9-7-20(21,22)11-26/h2-6,8,10H,7,9,11,28H2,1H3,(H,24,27). The van der Waals surface area contributed by atoms with Crippen LogP contribution in [0.2, 0.25) is 0 Å². The molecule has 5 nitrogen and oxygen atoms in total. The Morgan fingerprint density at radius 2 is 2.07 bits per heavy atom. The Kier molecular flexibility index (Phi) is 5.32. The molecule has 1 amide bonds. The van der Waals surface area contributed by atoms with E-state index in [1.54, 1.807) is 18.3 Å². The average molecular weight is 432 g/mol. The summed E-state index contributed by atoms with van der Waals surface area (Å²) in [6, 6.07) is 11.1. The molecule has 1 N–H and O–H groups in total. The Bertz CT molecular complexity index is 1070. The van der Waals surface area contributed by atoms with E-state index in [2.05, 4.69) is 23.9 Å². The molecule has 0 bridgehead atoms. The van der Waals surface area contributed by atoms with Crippen molar-refractivity contribution in [3.63, 3.8) is 0 Å². The minimum absolute atomic E-state index is 0.175. The summed E-state index contributed by atoms with van der Waals surface area (Å²) in [5.74, 6) is -2.76. The van der Waals surface area contributed by atoms with Crippen LogP contribution in [-0.2, 0) is 0 Å². The van der Waals surface area contributed by atoms with Crippen LogP contribution in [0.5, 0.6) is 0 Å². The van der Waals surface area contributed by atoms with Gasteiger partial charge in [0, 0.05) is 24.7 Å². The van der Waals surface area contributed by atoms with E-state index >= 15 is 0 Å². The Hall–Kier alpha value is -2.44. The van der Waals surface area contributed by atoms with Crippen LogP contribution >= 0.6 is 20.8 Å². The summed E-state index contributed by atoms with van der Waals surface area (Å²) in [6.07, 6.45) is 1.35. The Labute approximate surface area is 173 Å². The van der Waals surface area contributed by atoms with Crippen LogP contribution in [0.3, 0.4) is 0 Å². The van der Waals surface area contributed by atoms with Gasteiger partial charge >= 0.3 is 0 Å². The molecule has 3 heterocycles. The van der Waals surface area contributed by atoms with Crippen LogP contribution in [0, 0.1) is 6.92 Å². The number of benzene rings is 1. The molecule has 1 fully saturated rings. The molecular formula is C20H19F2N4OPS. The molecule has 4 rings (SSSR count). The lowest BCUT2D eigenvalue weighted by Crippen LogP contribution is -2.27. The van der Waals surface area contributed by atoms with E-state index in [1.807, 2.05) is 31.2 Å². The summed E-state index contributed by atoms with van der Waals surface area (Å²) in [7, 11) is 2.66. The van der Waals surface area contributed by atoms with Crippen molar-refractivity contribution in [2.45, 2.75) is 19.3 Å². The van der Waals surface area contributed by atoms with Crippen LogP contribution in [0.25, 0.3) is 11.1 Å². The number of hydrogen-bond donors (Lipinski definition) is 1. The lowest BCUT2D eigenvalue weighted by molar-refractivity contribution is 0.0257. The van der Waals surface area contributed by atoms with Crippen molar-refractivity contribution in [3.8, 4) is 11.1 Å². The van der Waals surface area contributed by atoms with Crippen molar-refractivity contribution in [2.24, 2.45) is 0 Å². The molecule has 9 heteroatoms. The first-order valence-corrected chi connectivity index (χ1v) is 10.4. The smallest absolute Gasteiger partial charge is 0.267 e. The topological polar surface area (TPSA) is 58.1 Å². The first-order valence-electron chi connectivity index (χ1n) is 9.05. The highest BCUT2D eigenvalue weighted by Gasteiger charge is 2.40. The van der Waals surface area contributed by atoms with E-state index in [-0.39, 0.29) is 18.9 Å². The number of aromatic nitrogens is 2. The number of pyridine rings is 1. The molecule has 0 saturated carbocycles. The van der Waals surface area contributed by atoms with Crippen molar-refractivity contribution in [1.82, 2.24) is 9.36 Å². The summed E-state index contributed by atoms with van der Waals surface area (Å²) < 4.78 is 31.9. The maximum Gasteiger partial charge on any atom is 0.267 e. The number of rotatable bonds is 4. The summed E-state index contributed by atoms with van der Waals surface area (Å²) in [4.78, 5) is 19.2. The molecule has 2 aromatic heterocycles. The van der Waals surface area contributed by atoms with Crippen molar-refractivity contribution >= 4 is 43.5 Å². The number of alkyl halides is 2. The van der Waals surface area contributed by atoms with Gasteiger partial charge in [-0.1, -0.05) is 24.3 Å². The van der Waals surface area contributed by atoms with Gasteiger partial charge in [-0.25, -0.2) is 13.8 Å². The lowest BCUT2D eigenvalue weighted by atomic mass is 10.0. The van der Waals surface area contributed by atoms with Gasteiger partial charge in [0.25, 0.3) is 11.8 Å². The fourth-order valence-electron chi connectivity index (χ4n) is 3.34. The highest BCUT2D eigenvalue weighted by atomic mass is 32.1. The van der Waals surface area contributed by atoms with E-state index < -0.39 is 12.5 Å². The third-order valence-electron chi connectivity index (χ3n) is 4.74. The quantitative estimate of drug-likeness (QED) is 0.631. The summed E-state index contributed by atoms with van der Waals surface area (Å²) >= 11 is 1.10. The molecule has 1 aromatic carbocycles. The molecule has 0 radical (unpaired) electrons. The van der Waals surface area contributed by atoms with Gasteiger partial charge in [-0.2, -0.15) is 4.37 Å². The van der Waals surface area contributed by atoms with Gasteiger partial charge in [0.1, 0.15) is 4.88 Å². The zero-order chi connectivity index (χ0) is 20.6. The van der Waals surface area contributed by atoms with Crippen LogP contribution in [0.15, 0.2) is 42.6 Å². The monoisotopic (exact) mass is 432 g/mol. The SMILES string of the molecule is Cc1cc(C(=O)Nc2c(-c3ccccc3P)ccnc2N2CCC(F)(F)C2)sn1. The number of hydrogen-bond acceptors (Lipinski definition) is 5. The average Bonchev–Trinajstić information content (AvgIpc) is 3.28. The molecule has 0 spiro atoms. The maximum atomic E-state index is 13.9. The largest absolute Gasteiger partial charge is 0.349 e. The summed E-state index contributed by atoms with van der Waals surface area (Å²) in [5, 5.41) is 3.84. The van der Waals surface area contributed by atoms with Gasteiger partial charge in [-0.15, -0.1) is 9.24 Å². The molecule has 1 aliphatic heterocycles. The predicted molar refractivity (Wildman–Crippen MR) is 116 cm³/mol. The van der Waals surface area contributed by atoms with Gasteiger partial charge in [0.15, 0.2) is 5.82 Å². The summed E-state index contributed by atoms with van der Waals surface area (Å²) in [6.45, 7) is 1.56. The van der Waals surface area contributed by atoms with Crippen LogP contribution in [0.4, 0.5) is 20.3 Å². The highest BCUT2D eigenvalue weighted by molar-refractivity contribution is 7.28. The second-order valence-electron chi connectivity index (χ2n) is 6.96. The zero-order valence-corrected chi connectivity index (χ0v) is 17.6. The Balaban J connectivity index is 1.80. The molecule has 1 unspecified atom stereocenters. The number of amides is 1. The molecule has 29 heavy (non-hydrogen) atoms. The second kappa shape index (κ2) is 7.76. The van der Waals surface area contributed by atoms with Crippen molar-refractivity contribution < 1.29 is 13.6 Å². The van der Waals surface area contributed by atoms with Crippen molar-refractivity contribution in [3.05, 3.63) is 53.2 Å². The minimum Gasteiger partial charge on any atom is -0.349 e. The molecular weight excluding hydrogens is 413 g/mol. The van der Waals surface area contributed by atoms with E-state index in [1.165, 1.54) is 4.90 Å². The third-order valence-corrected chi connectivity index (χ3v) is 6.12. The van der Waals surface area contributed by atoms with Gasteiger partial charge in [-0.3, -0.25) is 4.79 Å². The van der Waals surface area contributed by atoms with Crippen LogP contribution < -0.4 is 15.5 Å². The maximum absolute atomic E-state index is 13.9. The number of carbonyl (C=O) groups excluding carboxylic acids is 1. The minimum atomic E-state index is -2.77. The normalized spacial score (nSPS) is 15.5. The Morgan fingerprint density at radius 1 is 1.28 bits per heavy atom. The predicted octanol–water partition coefficient (Wildman–Crippen LogP) is 4.11. The van der Waals surface area contributed by atoms with E-state index in [9.17, 15) is 13.6 Å². The third kappa shape index (κ3) is 4.14. The number of halogens is 2. The van der Waals surface area contributed by atoms with Crippen molar-refractivity contribution in [1.29, 1.82) is 0 Å². The van der Waals surface area contributed by atoms with Gasteiger partial charge in [-0.05, 0) is 41.5 Å². The second-order valence-corrected chi connectivity index (χ2v) is 8.39. The van der Waals surface area contributed by atoms with Crippen LogP contribution in [-0.4, -0.2) is 34.3 Å². The number of anilines is 2. The van der Waals surface area contributed by atoms with Gasteiger partial charge < -0.3 is 10.2 Å². The molecule has 150 valence electrons. The highest BCUT2D eigenvalue weighted by Crippen LogP contribution is 2.39. The molecule has 0 aliphatic carbocycles. The van der Waals surface area contributed by atoms with Crippen LogP contribution in [0.1, 0.15) is 21.8 Å². The zero-order valence-electron chi connectivity index (χ0n) is 15.7. The van der Waals surface area contributed by atoms with E-state index in [0.717, 1.165) is 33.7 Å². The molecule has 3 aromatic rings. The molecule has 1 atom stereocenters. The van der Waals surface area contributed by atoms with Crippen molar-refractivity contribution in [2.75, 3.05) is 23.3 Å². The number of carbonyl (C=O) groups is 1. The lowest BCUT2D eigenvalue weighted by Gasteiger charge is -2.23. The Morgan fingerprint density at radius 3 is 2.72 bits per heavy atom. The van der Waals surface area contributed by atoms with Gasteiger partial charge in [0.05, 0.1) is 17.9 Å². The fraction of sp³-hybridized carbons (Fsp3) is 0.250. The first-order chi connectivity index (χ1) is 13.8. The number of nitrogens with one attached hydrogen (secondary N) is 1. The summed E-state index contributed by atoms with van der Waals surface area (Å²) in [5.41, 5.74) is 2.78. The molecule has 1 saturated heterocycles. The first kappa shape index (κ1) is 19.9. The number of nitrogens with zero attached hydrogens (tertiary/aromatic N) is 3. The fourth-order valence-corrected chi connectivity index (χ4v) is 4.36.